The second kappa shape index (κ2) is 9.90. The maximum absolute atomic E-state index is 8.81. The summed E-state index contributed by atoms with van der Waals surface area (Å²) < 4.78 is 5.30. The Hall–Kier alpha value is -0.0800. The molecule has 0 radical (unpaired) electrons. The van der Waals surface area contributed by atoms with Crippen LogP contribution in [0.2, 0.25) is 0 Å². The highest BCUT2D eigenvalue weighted by molar-refractivity contribution is 4.83. The van der Waals surface area contributed by atoms with Crippen LogP contribution >= 0.6 is 0 Å². The second-order valence-electron chi connectivity index (χ2n) is 5.37. The minimum absolute atomic E-state index is 0.175. The number of hydrogen-bond acceptors (Lipinski definition) is 2. The van der Waals surface area contributed by atoms with Crippen LogP contribution in [0.15, 0.2) is 0 Å². The molecule has 0 spiro atoms. The Morgan fingerprint density at radius 3 is 1.76 bits per heavy atom. The van der Waals surface area contributed by atoms with E-state index >= 15 is 0 Å². The molecule has 0 amide bonds. The maximum atomic E-state index is 8.81. The molecule has 0 unspecified atom stereocenters. The van der Waals surface area contributed by atoms with Gasteiger partial charge in [0.15, 0.2) is 0 Å². The van der Waals surface area contributed by atoms with E-state index in [0.29, 0.717) is 6.10 Å². The van der Waals surface area contributed by atoms with E-state index in [2.05, 4.69) is 6.92 Å². The third kappa shape index (κ3) is 7.77. The molecule has 0 aromatic carbocycles. The minimum Gasteiger partial charge on any atom is -0.394 e. The molecule has 1 fully saturated rings. The van der Waals surface area contributed by atoms with Gasteiger partial charge < -0.3 is 9.84 Å². The summed E-state index contributed by atoms with van der Waals surface area (Å²) in [6, 6.07) is 0. The standard InChI is InChI=1S/C15H30O2/c1-2-3-4-5-6-7-8-9-10-11-12-14-15(13-16)17-14/h14-16H,2-13H2,1H3/t14-,15-/m0/s1. The van der Waals surface area contributed by atoms with Gasteiger partial charge in [-0.1, -0.05) is 71.1 Å². The predicted octanol–water partition coefficient (Wildman–Crippen LogP) is 4.06. The molecular weight excluding hydrogens is 212 g/mol. The Kier molecular flexibility index (Phi) is 8.72. The van der Waals surface area contributed by atoms with E-state index in [1.54, 1.807) is 0 Å². The predicted molar refractivity (Wildman–Crippen MR) is 72.2 cm³/mol. The number of ether oxygens (including phenoxy) is 1. The number of epoxide rings is 1. The molecule has 2 atom stereocenters. The first-order valence-corrected chi connectivity index (χ1v) is 7.64. The van der Waals surface area contributed by atoms with Crippen molar-refractivity contribution in [3.63, 3.8) is 0 Å². The smallest absolute Gasteiger partial charge is 0.107 e. The van der Waals surface area contributed by atoms with Gasteiger partial charge in [-0.3, -0.25) is 0 Å². The van der Waals surface area contributed by atoms with Crippen molar-refractivity contribution in [1.82, 2.24) is 0 Å². The van der Waals surface area contributed by atoms with Crippen molar-refractivity contribution in [1.29, 1.82) is 0 Å². The molecule has 1 N–H and O–H groups in total. The fourth-order valence-corrected chi connectivity index (χ4v) is 2.43. The van der Waals surface area contributed by atoms with E-state index in [1.807, 2.05) is 0 Å². The van der Waals surface area contributed by atoms with Gasteiger partial charge in [0.25, 0.3) is 0 Å². The largest absolute Gasteiger partial charge is 0.394 e. The molecule has 2 nitrogen and oxygen atoms in total. The molecule has 102 valence electrons. The first-order valence-electron chi connectivity index (χ1n) is 7.64. The van der Waals surface area contributed by atoms with Crippen molar-refractivity contribution in [2.24, 2.45) is 0 Å². The Bertz CT molecular complexity index is 170. The van der Waals surface area contributed by atoms with Crippen LogP contribution in [-0.2, 0) is 4.74 Å². The molecular formula is C15H30O2. The zero-order valence-corrected chi connectivity index (χ0v) is 11.5. The van der Waals surface area contributed by atoms with Crippen LogP contribution in [-0.4, -0.2) is 23.9 Å². The van der Waals surface area contributed by atoms with Crippen molar-refractivity contribution in [3.05, 3.63) is 0 Å². The summed E-state index contributed by atoms with van der Waals surface area (Å²) in [4.78, 5) is 0. The second-order valence-corrected chi connectivity index (χ2v) is 5.37. The van der Waals surface area contributed by atoms with Crippen molar-refractivity contribution >= 4 is 0 Å². The fraction of sp³-hybridized carbons (Fsp3) is 1.00. The molecule has 1 rings (SSSR count). The average Bonchev–Trinajstić information content (AvgIpc) is 3.10. The van der Waals surface area contributed by atoms with Crippen LogP contribution in [0.3, 0.4) is 0 Å². The SMILES string of the molecule is CCCCCCCCCCCC[C@@H]1O[C@H]1CO. The summed E-state index contributed by atoms with van der Waals surface area (Å²) >= 11 is 0. The number of aliphatic hydroxyl groups excluding tert-OH is 1. The Morgan fingerprint density at radius 1 is 0.765 bits per heavy atom. The molecule has 1 aliphatic heterocycles. The maximum Gasteiger partial charge on any atom is 0.107 e. The van der Waals surface area contributed by atoms with E-state index in [-0.39, 0.29) is 12.7 Å². The zero-order chi connectivity index (χ0) is 12.3. The highest BCUT2D eigenvalue weighted by Gasteiger charge is 2.36. The number of unbranched alkanes of at least 4 members (excludes halogenated alkanes) is 9. The Labute approximate surface area is 107 Å². The molecule has 1 saturated heterocycles. The van der Waals surface area contributed by atoms with Crippen LogP contribution in [0.25, 0.3) is 0 Å². The molecule has 17 heavy (non-hydrogen) atoms. The molecule has 2 heteroatoms. The quantitative estimate of drug-likeness (QED) is 0.413. The molecule has 0 aliphatic carbocycles. The molecule has 1 heterocycles. The van der Waals surface area contributed by atoms with E-state index < -0.39 is 0 Å². The van der Waals surface area contributed by atoms with Gasteiger partial charge in [0.1, 0.15) is 6.10 Å². The summed E-state index contributed by atoms with van der Waals surface area (Å²) in [5, 5.41) is 8.81. The van der Waals surface area contributed by atoms with Crippen LogP contribution in [0.1, 0.15) is 77.6 Å². The Morgan fingerprint density at radius 2 is 1.29 bits per heavy atom. The molecule has 1 aliphatic rings. The van der Waals surface area contributed by atoms with Crippen molar-refractivity contribution in [3.8, 4) is 0 Å². The lowest BCUT2D eigenvalue weighted by Crippen LogP contribution is -1.98. The topological polar surface area (TPSA) is 32.8 Å². The first-order chi connectivity index (χ1) is 8.38. The van der Waals surface area contributed by atoms with Gasteiger partial charge in [-0.2, -0.15) is 0 Å². The molecule has 0 aromatic rings. The van der Waals surface area contributed by atoms with Gasteiger partial charge in [0.2, 0.25) is 0 Å². The average molecular weight is 242 g/mol. The third-order valence-electron chi connectivity index (χ3n) is 3.71. The fourth-order valence-electron chi connectivity index (χ4n) is 2.43. The van der Waals surface area contributed by atoms with E-state index in [4.69, 9.17) is 9.84 Å². The Balaban J connectivity index is 1.68. The monoisotopic (exact) mass is 242 g/mol. The highest BCUT2D eigenvalue weighted by atomic mass is 16.6. The van der Waals surface area contributed by atoms with Gasteiger partial charge in [0, 0.05) is 0 Å². The summed E-state index contributed by atoms with van der Waals surface area (Å²) in [5.41, 5.74) is 0. The lowest BCUT2D eigenvalue weighted by molar-refractivity contribution is 0.241. The van der Waals surface area contributed by atoms with E-state index in [1.165, 1.54) is 64.2 Å². The van der Waals surface area contributed by atoms with E-state index in [0.717, 1.165) is 6.42 Å². The minimum atomic E-state index is 0.175. The third-order valence-corrected chi connectivity index (χ3v) is 3.71. The molecule has 0 bridgehead atoms. The number of aliphatic hydroxyl groups is 1. The number of rotatable bonds is 12. The van der Waals surface area contributed by atoms with Crippen LogP contribution in [0.5, 0.6) is 0 Å². The van der Waals surface area contributed by atoms with Crippen LogP contribution < -0.4 is 0 Å². The van der Waals surface area contributed by atoms with E-state index in [9.17, 15) is 0 Å². The van der Waals surface area contributed by atoms with Gasteiger partial charge in [0.05, 0.1) is 12.7 Å². The molecule has 0 aromatic heterocycles. The highest BCUT2D eigenvalue weighted by Crippen LogP contribution is 2.26. The van der Waals surface area contributed by atoms with Crippen molar-refractivity contribution in [2.45, 2.75) is 89.8 Å². The summed E-state index contributed by atoms with van der Waals surface area (Å²) in [6.45, 7) is 2.48. The van der Waals surface area contributed by atoms with Gasteiger partial charge in [-0.15, -0.1) is 0 Å². The number of hydrogen-bond donors (Lipinski definition) is 1. The zero-order valence-electron chi connectivity index (χ0n) is 11.5. The summed E-state index contributed by atoms with van der Waals surface area (Å²) in [7, 11) is 0. The van der Waals surface area contributed by atoms with Crippen molar-refractivity contribution < 1.29 is 9.84 Å². The van der Waals surface area contributed by atoms with Crippen LogP contribution in [0.4, 0.5) is 0 Å². The van der Waals surface area contributed by atoms with Crippen molar-refractivity contribution in [2.75, 3.05) is 6.61 Å². The van der Waals surface area contributed by atoms with Gasteiger partial charge in [-0.05, 0) is 6.42 Å². The van der Waals surface area contributed by atoms with Gasteiger partial charge >= 0.3 is 0 Å². The van der Waals surface area contributed by atoms with Gasteiger partial charge in [-0.25, -0.2) is 0 Å². The first kappa shape index (κ1) is 15.0. The van der Waals surface area contributed by atoms with Crippen LogP contribution in [0, 0.1) is 0 Å². The lowest BCUT2D eigenvalue weighted by Gasteiger charge is -2.01. The summed E-state index contributed by atoms with van der Waals surface area (Å²) in [6.07, 6.45) is 15.6. The summed E-state index contributed by atoms with van der Waals surface area (Å²) in [5.74, 6) is 0. The normalized spacial score (nSPS) is 22.9. The molecule has 0 saturated carbocycles. The lowest BCUT2D eigenvalue weighted by atomic mass is 10.0.